The average molecular weight is 317 g/mol. The number of hydrogen-bond acceptors (Lipinski definition) is 4. The molecule has 1 aliphatic carbocycles. The molecule has 0 heterocycles. The van der Waals surface area contributed by atoms with Crippen molar-refractivity contribution in [2.75, 3.05) is 32.6 Å². The molecule has 0 unspecified atom stereocenters. The lowest BCUT2D eigenvalue weighted by atomic mass is 9.96. The summed E-state index contributed by atoms with van der Waals surface area (Å²) < 4.78 is 0. The van der Waals surface area contributed by atoms with Gasteiger partial charge < -0.3 is 20.6 Å². The van der Waals surface area contributed by atoms with Crippen molar-refractivity contribution in [1.82, 2.24) is 15.5 Å². The Morgan fingerprint density at radius 3 is 2.43 bits per heavy atom. The van der Waals surface area contributed by atoms with Gasteiger partial charge in [0, 0.05) is 12.1 Å². The Balaban J connectivity index is 2.46. The third-order valence-corrected chi connectivity index (χ3v) is 4.92. The zero-order valence-corrected chi connectivity index (χ0v) is 14.0. The monoisotopic (exact) mass is 317 g/mol. The summed E-state index contributed by atoms with van der Waals surface area (Å²) in [6.45, 7) is 0.556. The van der Waals surface area contributed by atoms with Gasteiger partial charge in [0.25, 0.3) is 0 Å². The van der Waals surface area contributed by atoms with E-state index in [1.807, 2.05) is 20.4 Å². The molecule has 0 aromatic heterocycles. The number of urea groups is 1. The van der Waals surface area contributed by atoms with Crippen molar-refractivity contribution in [2.24, 2.45) is 0 Å². The number of nitrogens with one attached hydrogen (secondary N) is 2. The van der Waals surface area contributed by atoms with Gasteiger partial charge in [0.05, 0.1) is 0 Å². The van der Waals surface area contributed by atoms with Crippen molar-refractivity contribution in [3.63, 3.8) is 0 Å². The van der Waals surface area contributed by atoms with Gasteiger partial charge in [0.15, 0.2) is 0 Å². The quantitative estimate of drug-likeness (QED) is 0.630. The first-order chi connectivity index (χ1) is 9.91. The van der Waals surface area contributed by atoms with Crippen LogP contribution in [0.25, 0.3) is 0 Å². The topological polar surface area (TPSA) is 81.7 Å². The third-order valence-electron chi connectivity index (χ3n) is 4.28. The fraction of sp³-hybridized carbons (Fsp3) is 0.857. The van der Waals surface area contributed by atoms with Gasteiger partial charge in [-0.2, -0.15) is 11.8 Å². The van der Waals surface area contributed by atoms with Gasteiger partial charge in [-0.25, -0.2) is 9.59 Å². The molecule has 21 heavy (non-hydrogen) atoms. The predicted molar refractivity (Wildman–Crippen MR) is 85.8 cm³/mol. The standard InChI is InChI=1S/C14H27N3O3S/c1-17(2)14(7-4-5-8-14)10-15-13(20)16-11(12(18)19)6-9-21-3/h11H,4-10H2,1-3H3,(H,18,19)(H2,15,16,20)/t11-/m0/s1. The maximum absolute atomic E-state index is 11.9. The lowest BCUT2D eigenvalue weighted by molar-refractivity contribution is -0.139. The summed E-state index contributed by atoms with van der Waals surface area (Å²) in [7, 11) is 4.06. The van der Waals surface area contributed by atoms with Crippen LogP contribution in [0, 0.1) is 0 Å². The molecule has 2 amide bonds. The summed E-state index contributed by atoms with van der Waals surface area (Å²) in [5.74, 6) is -0.277. The number of thioether (sulfide) groups is 1. The lowest BCUT2D eigenvalue weighted by Gasteiger charge is -2.36. The number of hydrogen-bond donors (Lipinski definition) is 3. The van der Waals surface area contributed by atoms with Crippen LogP contribution in [0.4, 0.5) is 4.79 Å². The zero-order valence-electron chi connectivity index (χ0n) is 13.1. The first-order valence-corrected chi connectivity index (χ1v) is 8.74. The second-order valence-corrected chi connectivity index (χ2v) is 6.81. The van der Waals surface area contributed by atoms with E-state index in [0.29, 0.717) is 18.7 Å². The smallest absolute Gasteiger partial charge is 0.326 e. The highest BCUT2D eigenvalue weighted by molar-refractivity contribution is 7.98. The van der Waals surface area contributed by atoms with Crippen LogP contribution in [0.3, 0.4) is 0 Å². The van der Waals surface area contributed by atoms with E-state index >= 15 is 0 Å². The zero-order chi connectivity index (χ0) is 15.9. The van der Waals surface area contributed by atoms with Crippen LogP contribution >= 0.6 is 11.8 Å². The summed E-state index contributed by atoms with van der Waals surface area (Å²) in [6, 6.07) is -1.21. The molecule has 7 heteroatoms. The number of aliphatic carboxylic acids is 1. The molecule has 1 fully saturated rings. The molecular weight excluding hydrogens is 290 g/mol. The van der Waals surface area contributed by atoms with Gasteiger partial charge in [0.1, 0.15) is 6.04 Å². The van der Waals surface area contributed by atoms with Crippen LogP contribution in [0.2, 0.25) is 0 Å². The molecule has 1 atom stereocenters. The molecule has 0 aliphatic heterocycles. The fourth-order valence-corrected chi connectivity index (χ4v) is 3.23. The fourth-order valence-electron chi connectivity index (χ4n) is 2.76. The molecule has 122 valence electrons. The van der Waals surface area contributed by atoms with E-state index in [4.69, 9.17) is 5.11 Å². The van der Waals surface area contributed by atoms with Gasteiger partial charge in [-0.05, 0) is 45.4 Å². The van der Waals surface area contributed by atoms with Crippen molar-refractivity contribution in [2.45, 2.75) is 43.7 Å². The van der Waals surface area contributed by atoms with Crippen LogP contribution in [0.1, 0.15) is 32.1 Å². The third kappa shape index (κ3) is 5.39. The molecule has 0 saturated heterocycles. The van der Waals surface area contributed by atoms with Crippen LogP contribution in [0.5, 0.6) is 0 Å². The number of likely N-dealkylation sites (N-methyl/N-ethyl adjacent to an activating group) is 1. The Hall–Kier alpha value is -0.950. The molecule has 1 saturated carbocycles. The Kier molecular flexibility index (Phi) is 7.31. The van der Waals surface area contributed by atoms with Crippen molar-refractivity contribution in [3.8, 4) is 0 Å². The van der Waals surface area contributed by atoms with Gasteiger partial charge in [-0.1, -0.05) is 12.8 Å². The predicted octanol–water partition coefficient (Wildman–Crippen LogP) is 1.37. The van der Waals surface area contributed by atoms with Crippen molar-refractivity contribution < 1.29 is 14.7 Å². The number of carbonyl (C=O) groups excluding carboxylic acids is 1. The van der Waals surface area contributed by atoms with E-state index in [1.54, 1.807) is 11.8 Å². The van der Waals surface area contributed by atoms with Crippen molar-refractivity contribution in [1.29, 1.82) is 0 Å². The Morgan fingerprint density at radius 2 is 1.95 bits per heavy atom. The summed E-state index contributed by atoms with van der Waals surface area (Å²) >= 11 is 1.57. The number of carboxylic acids is 1. The molecule has 0 spiro atoms. The minimum Gasteiger partial charge on any atom is -0.480 e. The molecule has 0 radical (unpaired) electrons. The number of nitrogens with zero attached hydrogens (tertiary/aromatic N) is 1. The Bertz CT molecular complexity index is 357. The molecule has 0 aromatic rings. The maximum atomic E-state index is 11.9. The van der Waals surface area contributed by atoms with Gasteiger partial charge in [-0.15, -0.1) is 0 Å². The van der Waals surface area contributed by atoms with Crippen LogP contribution in [-0.4, -0.2) is 66.2 Å². The molecule has 3 N–H and O–H groups in total. The first-order valence-electron chi connectivity index (χ1n) is 7.35. The number of carboxylic acid groups (broad SMARTS) is 1. The summed E-state index contributed by atoms with van der Waals surface area (Å²) in [6.07, 6.45) is 6.83. The SMILES string of the molecule is CSCC[C@H](NC(=O)NCC1(N(C)C)CCCC1)C(=O)O. The molecule has 0 bridgehead atoms. The van der Waals surface area contributed by atoms with E-state index in [2.05, 4.69) is 15.5 Å². The highest BCUT2D eigenvalue weighted by Crippen LogP contribution is 2.32. The number of amides is 2. The number of carbonyl (C=O) groups is 2. The Morgan fingerprint density at radius 1 is 1.33 bits per heavy atom. The van der Waals surface area contributed by atoms with E-state index in [1.165, 1.54) is 12.8 Å². The highest BCUT2D eigenvalue weighted by atomic mass is 32.2. The molecule has 1 rings (SSSR count). The summed E-state index contributed by atoms with van der Waals surface area (Å²) in [5, 5.41) is 14.5. The largest absolute Gasteiger partial charge is 0.480 e. The van der Waals surface area contributed by atoms with Crippen LogP contribution in [-0.2, 0) is 4.79 Å². The van der Waals surface area contributed by atoms with Crippen LogP contribution < -0.4 is 10.6 Å². The van der Waals surface area contributed by atoms with E-state index in [9.17, 15) is 9.59 Å². The van der Waals surface area contributed by atoms with Crippen molar-refractivity contribution >= 4 is 23.8 Å². The maximum Gasteiger partial charge on any atom is 0.326 e. The first kappa shape index (κ1) is 18.1. The normalized spacial score (nSPS) is 18.5. The highest BCUT2D eigenvalue weighted by Gasteiger charge is 2.36. The minimum atomic E-state index is -0.984. The lowest BCUT2D eigenvalue weighted by Crippen LogP contribution is -2.54. The molecular formula is C14H27N3O3S. The summed E-state index contributed by atoms with van der Waals surface area (Å²) in [5.41, 5.74) is 0.00926. The second-order valence-electron chi connectivity index (χ2n) is 5.83. The van der Waals surface area contributed by atoms with Gasteiger partial charge >= 0.3 is 12.0 Å². The van der Waals surface area contributed by atoms with Gasteiger partial charge in [-0.3, -0.25) is 0 Å². The second kappa shape index (κ2) is 8.48. The number of rotatable bonds is 8. The van der Waals surface area contributed by atoms with Gasteiger partial charge in [0.2, 0.25) is 0 Å². The molecule has 0 aromatic carbocycles. The molecule has 1 aliphatic rings. The Labute approximate surface area is 131 Å². The van der Waals surface area contributed by atoms with E-state index in [-0.39, 0.29) is 5.54 Å². The van der Waals surface area contributed by atoms with E-state index in [0.717, 1.165) is 12.8 Å². The van der Waals surface area contributed by atoms with E-state index < -0.39 is 18.0 Å². The van der Waals surface area contributed by atoms with Crippen LogP contribution in [0.15, 0.2) is 0 Å². The molecule has 6 nitrogen and oxygen atoms in total. The summed E-state index contributed by atoms with van der Waals surface area (Å²) in [4.78, 5) is 25.2. The van der Waals surface area contributed by atoms with Crippen molar-refractivity contribution in [3.05, 3.63) is 0 Å². The average Bonchev–Trinajstić information content (AvgIpc) is 2.91. The minimum absolute atomic E-state index is 0.00926.